The van der Waals surface area contributed by atoms with Gasteiger partial charge in [-0.25, -0.2) is 0 Å². The van der Waals surface area contributed by atoms with Crippen LogP contribution >= 0.6 is 0 Å². The number of nitrogens with one attached hydrogen (secondary N) is 1. The number of primary amides is 1. The third kappa shape index (κ3) is 3.18. The standard InChI is InChI=1S/C13H15N3O2/c14-13(17)9-18-8-7-16-12-5-6-15-11-4-2-1-3-10(11)12/h1-6H,7-9H2,(H2,14,17)(H,15,16). The minimum absolute atomic E-state index is 0.0429. The summed E-state index contributed by atoms with van der Waals surface area (Å²) in [5, 5.41) is 4.31. The number of hydrogen-bond acceptors (Lipinski definition) is 4. The van der Waals surface area contributed by atoms with Crippen molar-refractivity contribution in [2.75, 3.05) is 25.1 Å². The second kappa shape index (κ2) is 5.97. The first kappa shape index (κ1) is 12.3. The van der Waals surface area contributed by atoms with Crippen LogP contribution in [0.15, 0.2) is 36.5 Å². The lowest BCUT2D eigenvalue weighted by Gasteiger charge is -2.09. The van der Waals surface area contributed by atoms with Crippen LogP contribution in [0.1, 0.15) is 0 Å². The van der Waals surface area contributed by atoms with Crippen molar-refractivity contribution in [1.82, 2.24) is 4.98 Å². The number of anilines is 1. The normalized spacial score (nSPS) is 10.4. The first-order valence-corrected chi connectivity index (χ1v) is 5.71. The second-order valence-corrected chi connectivity index (χ2v) is 3.82. The van der Waals surface area contributed by atoms with Crippen molar-refractivity contribution < 1.29 is 9.53 Å². The molecular weight excluding hydrogens is 230 g/mol. The number of hydrogen-bond donors (Lipinski definition) is 2. The highest BCUT2D eigenvalue weighted by molar-refractivity contribution is 5.90. The molecule has 0 aliphatic carbocycles. The number of aromatic nitrogens is 1. The van der Waals surface area contributed by atoms with Gasteiger partial charge in [-0.2, -0.15) is 0 Å². The zero-order chi connectivity index (χ0) is 12.8. The van der Waals surface area contributed by atoms with Crippen molar-refractivity contribution in [2.45, 2.75) is 0 Å². The molecule has 0 aliphatic heterocycles. The molecule has 2 rings (SSSR count). The Labute approximate surface area is 105 Å². The Bertz CT molecular complexity index is 537. The van der Waals surface area contributed by atoms with Gasteiger partial charge in [0.1, 0.15) is 6.61 Å². The second-order valence-electron chi connectivity index (χ2n) is 3.82. The summed E-state index contributed by atoms with van der Waals surface area (Å²) in [6.07, 6.45) is 1.76. The van der Waals surface area contributed by atoms with Gasteiger partial charge in [-0.3, -0.25) is 9.78 Å². The smallest absolute Gasteiger partial charge is 0.243 e. The number of carbonyl (C=O) groups excluding carboxylic acids is 1. The average Bonchev–Trinajstić information content (AvgIpc) is 2.38. The number of fused-ring (bicyclic) bond motifs is 1. The van der Waals surface area contributed by atoms with Gasteiger partial charge in [0.15, 0.2) is 0 Å². The first-order valence-electron chi connectivity index (χ1n) is 5.71. The molecule has 5 nitrogen and oxygen atoms in total. The summed E-state index contributed by atoms with van der Waals surface area (Å²) in [5.41, 5.74) is 6.92. The molecule has 0 saturated carbocycles. The van der Waals surface area contributed by atoms with E-state index in [1.807, 2.05) is 30.3 Å². The van der Waals surface area contributed by atoms with Crippen molar-refractivity contribution in [3.05, 3.63) is 36.5 Å². The third-order valence-electron chi connectivity index (χ3n) is 2.46. The maximum Gasteiger partial charge on any atom is 0.243 e. The lowest BCUT2D eigenvalue weighted by Crippen LogP contribution is -2.20. The van der Waals surface area contributed by atoms with E-state index in [-0.39, 0.29) is 6.61 Å². The molecule has 18 heavy (non-hydrogen) atoms. The molecule has 0 bridgehead atoms. The Morgan fingerprint density at radius 3 is 3.00 bits per heavy atom. The maximum absolute atomic E-state index is 10.5. The van der Waals surface area contributed by atoms with Crippen LogP contribution in [0.3, 0.4) is 0 Å². The van der Waals surface area contributed by atoms with Crippen LogP contribution in [0.25, 0.3) is 10.9 Å². The van der Waals surface area contributed by atoms with Crippen LogP contribution in [-0.2, 0) is 9.53 Å². The summed E-state index contributed by atoms with van der Waals surface area (Å²) >= 11 is 0. The van der Waals surface area contributed by atoms with E-state index in [4.69, 9.17) is 10.5 Å². The van der Waals surface area contributed by atoms with Gasteiger partial charge in [0.2, 0.25) is 5.91 Å². The predicted octanol–water partition coefficient (Wildman–Crippen LogP) is 1.15. The topological polar surface area (TPSA) is 77.2 Å². The van der Waals surface area contributed by atoms with Gasteiger partial charge in [0.05, 0.1) is 12.1 Å². The largest absolute Gasteiger partial charge is 0.382 e. The van der Waals surface area contributed by atoms with Crippen LogP contribution in [0.5, 0.6) is 0 Å². The fourth-order valence-corrected chi connectivity index (χ4v) is 1.68. The Balaban J connectivity index is 1.93. The van der Waals surface area contributed by atoms with E-state index < -0.39 is 5.91 Å². The number of pyridine rings is 1. The molecule has 0 unspecified atom stereocenters. The predicted molar refractivity (Wildman–Crippen MR) is 70.2 cm³/mol. The third-order valence-corrected chi connectivity index (χ3v) is 2.46. The Morgan fingerprint density at radius 1 is 1.33 bits per heavy atom. The first-order chi connectivity index (χ1) is 8.77. The van der Waals surface area contributed by atoms with Gasteiger partial charge in [0.25, 0.3) is 0 Å². The van der Waals surface area contributed by atoms with Gasteiger partial charge in [-0.1, -0.05) is 18.2 Å². The summed E-state index contributed by atoms with van der Waals surface area (Å²) in [6.45, 7) is 1.000. The highest BCUT2D eigenvalue weighted by Gasteiger charge is 2.00. The van der Waals surface area contributed by atoms with Crippen molar-refractivity contribution in [3.8, 4) is 0 Å². The minimum Gasteiger partial charge on any atom is -0.382 e. The molecule has 1 heterocycles. The molecule has 94 valence electrons. The summed E-state index contributed by atoms with van der Waals surface area (Å²) in [6, 6.07) is 9.81. The zero-order valence-electron chi connectivity index (χ0n) is 9.93. The highest BCUT2D eigenvalue weighted by atomic mass is 16.5. The molecule has 0 fully saturated rings. The molecule has 1 amide bonds. The number of para-hydroxylation sites is 1. The van der Waals surface area contributed by atoms with Crippen LogP contribution in [0.2, 0.25) is 0 Å². The van der Waals surface area contributed by atoms with Crippen molar-refractivity contribution in [2.24, 2.45) is 5.73 Å². The minimum atomic E-state index is -0.454. The fourth-order valence-electron chi connectivity index (χ4n) is 1.68. The molecule has 1 aromatic heterocycles. The molecule has 3 N–H and O–H groups in total. The van der Waals surface area contributed by atoms with Crippen molar-refractivity contribution in [3.63, 3.8) is 0 Å². The van der Waals surface area contributed by atoms with E-state index in [0.29, 0.717) is 13.2 Å². The SMILES string of the molecule is NC(=O)COCCNc1ccnc2ccccc12. The van der Waals surface area contributed by atoms with Crippen molar-refractivity contribution in [1.29, 1.82) is 0 Å². The van der Waals surface area contributed by atoms with Crippen LogP contribution in [-0.4, -0.2) is 30.6 Å². The highest BCUT2D eigenvalue weighted by Crippen LogP contribution is 2.20. The molecule has 0 aliphatic rings. The van der Waals surface area contributed by atoms with E-state index in [1.54, 1.807) is 6.20 Å². The van der Waals surface area contributed by atoms with Crippen LogP contribution < -0.4 is 11.1 Å². The van der Waals surface area contributed by atoms with E-state index in [9.17, 15) is 4.79 Å². The molecule has 1 aromatic carbocycles. The average molecular weight is 245 g/mol. The van der Waals surface area contributed by atoms with Crippen LogP contribution in [0.4, 0.5) is 5.69 Å². The lowest BCUT2D eigenvalue weighted by molar-refractivity contribution is -0.122. The Hall–Kier alpha value is -2.14. The Morgan fingerprint density at radius 2 is 2.17 bits per heavy atom. The summed E-state index contributed by atoms with van der Waals surface area (Å²) in [4.78, 5) is 14.8. The van der Waals surface area contributed by atoms with E-state index >= 15 is 0 Å². The molecule has 5 heteroatoms. The number of nitrogens with zero attached hydrogens (tertiary/aromatic N) is 1. The molecule has 0 spiro atoms. The van der Waals surface area contributed by atoms with E-state index in [1.165, 1.54) is 0 Å². The molecule has 2 aromatic rings. The molecule has 0 radical (unpaired) electrons. The number of ether oxygens (including phenoxy) is 1. The number of benzene rings is 1. The van der Waals surface area contributed by atoms with Gasteiger partial charge in [-0.05, 0) is 12.1 Å². The number of nitrogens with two attached hydrogens (primary N) is 1. The van der Waals surface area contributed by atoms with E-state index in [0.717, 1.165) is 16.6 Å². The molecule has 0 saturated heterocycles. The quantitative estimate of drug-likeness (QED) is 0.748. The van der Waals surface area contributed by atoms with E-state index in [2.05, 4.69) is 10.3 Å². The monoisotopic (exact) mass is 245 g/mol. The van der Waals surface area contributed by atoms with Crippen LogP contribution in [0, 0.1) is 0 Å². The number of rotatable bonds is 6. The molecule has 0 atom stereocenters. The van der Waals surface area contributed by atoms with Gasteiger partial charge >= 0.3 is 0 Å². The summed E-state index contributed by atoms with van der Waals surface area (Å²) in [5.74, 6) is -0.454. The fraction of sp³-hybridized carbons (Fsp3) is 0.231. The van der Waals surface area contributed by atoms with Gasteiger partial charge in [0, 0.05) is 23.8 Å². The van der Waals surface area contributed by atoms with Crippen molar-refractivity contribution >= 4 is 22.5 Å². The number of amides is 1. The molecular formula is C13H15N3O2. The zero-order valence-corrected chi connectivity index (χ0v) is 9.93. The van der Waals surface area contributed by atoms with Gasteiger partial charge < -0.3 is 15.8 Å². The summed E-state index contributed by atoms with van der Waals surface area (Å²) < 4.78 is 5.08. The lowest BCUT2D eigenvalue weighted by atomic mass is 10.2. The summed E-state index contributed by atoms with van der Waals surface area (Å²) in [7, 11) is 0. The Kier molecular flexibility index (Phi) is 4.09. The number of carbonyl (C=O) groups is 1. The maximum atomic E-state index is 10.5. The van der Waals surface area contributed by atoms with Gasteiger partial charge in [-0.15, -0.1) is 0 Å².